The van der Waals surface area contributed by atoms with E-state index in [0.717, 1.165) is 25.0 Å². The molecular weight excluding hydrogens is 440 g/mol. The van der Waals surface area contributed by atoms with Crippen LogP contribution in [0.2, 0.25) is 0 Å². The SMILES string of the molecule is N#CCCCS(=O)(=O)Nc1cc(F)c(-c2cc(NC(=O)C3CC3)nc3[nH]ccc23)cc1F. The fourth-order valence-corrected chi connectivity index (χ4v) is 4.41. The van der Waals surface area contributed by atoms with Crippen molar-refractivity contribution in [2.45, 2.75) is 25.7 Å². The molecule has 11 heteroatoms. The van der Waals surface area contributed by atoms with Crippen molar-refractivity contribution >= 4 is 38.5 Å². The molecule has 0 saturated heterocycles. The van der Waals surface area contributed by atoms with E-state index in [0.29, 0.717) is 16.6 Å². The van der Waals surface area contributed by atoms with Crippen molar-refractivity contribution in [3.63, 3.8) is 0 Å². The molecule has 166 valence electrons. The van der Waals surface area contributed by atoms with Crippen LogP contribution < -0.4 is 10.0 Å². The number of pyridine rings is 1. The van der Waals surface area contributed by atoms with Gasteiger partial charge >= 0.3 is 0 Å². The molecule has 32 heavy (non-hydrogen) atoms. The first-order chi connectivity index (χ1) is 15.3. The van der Waals surface area contributed by atoms with Crippen LogP contribution in [0.1, 0.15) is 25.7 Å². The molecule has 0 bridgehead atoms. The number of hydrogen-bond donors (Lipinski definition) is 3. The van der Waals surface area contributed by atoms with E-state index in [2.05, 4.69) is 15.3 Å². The first-order valence-electron chi connectivity index (χ1n) is 9.93. The predicted molar refractivity (Wildman–Crippen MR) is 115 cm³/mol. The van der Waals surface area contributed by atoms with Gasteiger partial charge in [-0.1, -0.05) is 0 Å². The Kier molecular flexibility index (Phi) is 5.80. The van der Waals surface area contributed by atoms with E-state index in [9.17, 15) is 17.6 Å². The number of nitrogens with zero attached hydrogens (tertiary/aromatic N) is 2. The van der Waals surface area contributed by atoms with Crippen LogP contribution in [-0.4, -0.2) is 30.0 Å². The number of anilines is 2. The van der Waals surface area contributed by atoms with Gasteiger partial charge in [-0.25, -0.2) is 22.2 Å². The number of amides is 1. The molecule has 1 aliphatic carbocycles. The Labute approximate surface area is 182 Å². The van der Waals surface area contributed by atoms with Gasteiger partial charge in [0.05, 0.1) is 17.5 Å². The summed E-state index contributed by atoms with van der Waals surface area (Å²) in [4.78, 5) is 19.3. The smallest absolute Gasteiger partial charge is 0.232 e. The Morgan fingerprint density at radius 1 is 1.22 bits per heavy atom. The van der Waals surface area contributed by atoms with Crippen molar-refractivity contribution in [1.82, 2.24) is 9.97 Å². The summed E-state index contributed by atoms with van der Waals surface area (Å²) in [7, 11) is -3.94. The molecule has 0 unspecified atom stereocenters. The van der Waals surface area contributed by atoms with Gasteiger partial charge in [-0.05, 0) is 43.0 Å². The van der Waals surface area contributed by atoms with Crippen molar-refractivity contribution in [3.05, 3.63) is 42.1 Å². The number of halogens is 2. The monoisotopic (exact) mass is 459 g/mol. The topological polar surface area (TPSA) is 128 Å². The number of carbonyl (C=O) groups excluding carboxylic acids is 1. The molecule has 3 aromatic rings. The maximum Gasteiger partial charge on any atom is 0.232 e. The molecule has 2 aromatic heterocycles. The number of nitrogens with one attached hydrogen (secondary N) is 3. The molecular formula is C21H19F2N5O3S. The third-order valence-corrected chi connectivity index (χ3v) is 6.40. The van der Waals surface area contributed by atoms with Crippen molar-refractivity contribution in [1.29, 1.82) is 5.26 Å². The van der Waals surface area contributed by atoms with Gasteiger partial charge < -0.3 is 10.3 Å². The number of benzene rings is 1. The zero-order valence-electron chi connectivity index (χ0n) is 16.8. The molecule has 1 amide bonds. The number of nitriles is 1. The van der Waals surface area contributed by atoms with Gasteiger partial charge in [0.15, 0.2) is 0 Å². The number of unbranched alkanes of at least 4 members (excludes halogenated alkanes) is 1. The van der Waals surface area contributed by atoms with Gasteiger partial charge in [-0.3, -0.25) is 9.52 Å². The highest BCUT2D eigenvalue weighted by Gasteiger charge is 2.30. The predicted octanol–water partition coefficient (Wildman–Crippen LogP) is 3.90. The highest BCUT2D eigenvalue weighted by atomic mass is 32.2. The second-order valence-electron chi connectivity index (χ2n) is 7.55. The Balaban J connectivity index is 1.68. The molecule has 1 fully saturated rings. The van der Waals surface area contributed by atoms with Crippen LogP contribution in [0.25, 0.3) is 22.2 Å². The lowest BCUT2D eigenvalue weighted by Crippen LogP contribution is -2.17. The summed E-state index contributed by atoms with van der Waals surface area (Å²) in [5, 5.41) is 11.7. The second-order valence-corrected chi connectivity index (χ2v) is 9.39. The fourth-order valence-electron chi connectivity index (χ4n) is 3.29. The van der Waals surface area contributed by atoms with Crippen molar-refractivity contribution in [2.24, 2.45) is 5.92 Å². The number of H-pyrrole nitrogens is 1. The van der Waals surface area contributed by atoms with E-state index in [1.807, 2.05) is 10.8 Å². The first kappa shape index (κ1) is 21.7. The van der Waals surface area contributed by atoms with Gasteiger partial charge in [0, 0.05) is 35.6 Å². The number of carbonyl (C=O) groups is 1. The highest BCUT2D eigenvalue weighted by molar-refractivity contribution is 7.92. The van der Waals surface area contributed by atoms with E-state index in [1.54, 1.807) is 12.3 Å². The minimum Gasteiger partial charge on any atom is -0.346 e. The Bertz CT molecular complexity index is 1340. The molecule has 0 aliphatic heterocycles. The molecule has 1 aliphatic rings. The van der Waals surface area contributed by atoms with Gasteiger partial charge in [0.1, 0.15) is 23.1 Å². The van der Waals surface area contributed by atoms with Gasteiger partial charge in [0.2, 0.25) is 15.9 Å². The number of rotatable bonds is 8. The maximum absolute atomic E-state index is 15.0. The number of hydrogen-bond acceptors (Lipinski definition) is 5. The lowest BCUT2D eigenvalue weighted by molar-refractivity contribution is -0.117. The van der Waals surface area contributed by atoms with Crippen LogP contribution in [0.5, 0.6) is 0 Å². The third kappa shape index (κ3) is 4.70. The minimum absolute atomic E-state index is 0.0328. The molecule has 3 N–H and O–H groups in total. The average Bonchev–Trinajstić information content (AvgIpc) is 3.48. The summed E-state index contributed by atoms with van der Waals surface area (Å²) in [6, 6.07) is 6.60. The van der Waals surface area contributed by atoms with Crippen LogP contribution in [0.15, 0.2) is 30.5 Å². The highest BCUT2D eigenvalue weighted by Crippen LogP contribution is 2.35. The Morgan fingerprint density at radius 3 is 2.72 bits per heavy atom. The Morgan fingerprint density at radius 2 is 2.00 bits per heavy atom. The quantitative estimate of drug-likeness (QED) is 0.440. The minimum atomic E-state index is -3.94. The van der Waals surface area contributed by atoms with Crippen molar-refractivity contribution in [2.75, 3.05) is 15.8 Å². The summed E-state index contributed by atoms with van der Waals surface area (Å²) < 4.78 is 55.9. The number of fused-ring (bicyclic) bond motifs is 1. The summed E-state index contributed by atoms with van der Waals surface area (Å²) in [6.45, 7) is 0. The normalized spacial score (nSPS) is 13.7. The zero-order valence-corrected chi connectivity index (χ0v) is 17.6. The lowest BCUT2D eigenvalue weighted by atomic mass is 10.0. The molecule has 2 heterocycles. The van der Waals surface area contributed by atoms with Crippen LogP contribution >= 0.6 is 0 Å². The van der Waals surface area contributed by atoms with E-state index < -0.39 is 27.3 Å². The Hall–Kier alpha value is -3.52. The summed E-state index contributed by atoms with van der Waals surface area (Å²) >= 11 is 0. The van der Waals surface area contributed by atoms with E-state index in [-0.39, 0.29) is 41.8 Å². The molecule has 4 rings (SSSR count). The number of sulfonamides is 1. The third-order valence-electron chi connectivity index (χ3n) is 5.04. The molecule has 1 aromatic carbocycles. The van der Waals surface area contributed by atoms with E-state index in [1.165, 1.54) is 6.07 Å². The fraction of sp³-hybridized carbons (Fsp3) is 0.286. The van der Waals surface area contributed by atoms with Crippen LogP contribution in [0, 0.1) is 28.9 Å². The van der Waals surface area contributed by atoms with Crippen molar-refractivity contribution < 1.29 is 22.0 Å². The van der Waals surface area contributed by atoms with Gasteiger partial charge in [0.25, 0.3) is 0 Å². The molecule has 0 radical (unpaired) electrons. The zero-order chi connectivity index (χ0) is 22.9. The first-order valence-corrected chi connectivity index (χ1v) is 11.6. The summed E-state index contributed by atoms with van der Waals surface area (Å²) in [5.41, 5.74) is 0.0477. The number of aromatic nitrogens is 2. The molecule has 8 nitrogen and oxygen atoms in total. The lowest BCUT2D eigenvalue weighted by Gasteiger charge is -2.13. The maximum atomic E-state index is 15.0. The molecule has 1 saturated carbocycles. The second kappa shape index (κ2) is 8.55. The van der Waals surface area contributed by atoms with Crippen molar-refractivity contribution in [3.8, 4) is 17.2 Å². The average molecular weight is 459 g/mol. The standard InChI is InChI=1S/C21H19F2N5O3S/c22-16-11-18(28-32(30,31)8-2-1-6-24)17(23)9-15(16)14-10-19(27-21(29)12-3-4-12)26-20-13(14)5-7-25-20/h5,7,9-12,28H,1-4,8H2,(H2,25,26,27,29). The number of aromatic amines is 1. The summed E-state index contributed by atoms with van der Waals surface area (Å²) in [6.07, 6.45) is 3.30. The molecule has 0 atom stereocenters. The van der Waals surface area contributed by atoms with E-state index >= 15 is 4.39 Å². The van der Waals surface area contributed by atoms with Gasteiger partial charge in [-0.2, -0.15) is 5.26 Å². The largest absolute Gasteiger partial charge is 0.346 e. The molecule has 0 spiro atoms. The summed E-state index contributed by atoms with van der Waals surface area (Å²) in [5.74, 6) is -2.24. The van der Waals surface area contributed by atoms with Crippen LogP contribution in [-0.2, 0) is 14.8 Å². The van der Waals surface area contributed by atoms with Gasteiger partial charge in [-0.15, -0.1) is 0 Å². The van der Waals surface area contributed by atoms with Crippen LogP contribution in [0.4, 0.5) is 20.3 Å². The van der Waals surface area contributed by atoms with E-state index in [4.69, 9.17) is 5.26 Å². The van der Waals surface area contributed by atoms with Crippen LogP contribution in [0.3, 0.4) is 0 Å².